The van der Waals surface area contributed by atoms with Gasteiger partial charge in [-0.3, -0.25) is 14.7 Å². The zero-order valence-corrected chi connectivity index (χ0v) is 29.4. The van der Waals surface area contributed by atoms with Crippen molar-refractivity contribution in [2.75, 3.05) is 24.3 Å². The number of imidazole rings is 1. The van der Waals surface area contributed by atoms with Gasteiger partial charge in [0, 0.05) is 13.0 Å². The van der Waals surface area contributed by atoms with E-state index in [9.17, 15) is 4.79 Å². The number of alkyl halides is 1. The van der Waals surface area contributed by atoms with Crippen molar-refractivity contribution in [2.45, 2.75) is 116 Å². The maximum absolute atomic E-state index is 17.6. The van der Waals surface area contributed by atoms with Crippen LogP contribution in [0.2, 0.25) is 22.2 Å². The first-order valence-electron chi connectivity index (χ1n) is 15.3. The number of halogens is 1. The minimum Gasteiger partial charge on any atom is -0.414 e. The van der Waals surface area contributed by atoms with Crippen LogP contribution in [0.15, 0.2) is 19.0 Å². The largest absolute Gasteiger partial charge is 0.414 e. The minimum absolute atomic E-state index is 0.0134. The first-order valence-corrected chi connectivity index (χ1v) is 19.2. The van der Waals surface area contributed by atoms with Gasteiger partial charge < -0.3 is 23.0 Å². The number of fused-ring (bicyclic) bond motifs is 2. The Hall–Kier alpha value is -2.24. The van der Waals surface area contributed by atoms with Crippen LogP contribution in [0.25, 0.3) is 11.2 Å². The molecule has 0 saturated carbocycles. The van der Waals surface area contributed by atoms with Gasteiger partial charge in [-0.1, -0.05) is 75.8 Å². The van der Waals surface area contributed by atoms with E-state index < -0.39 is 41.2 Å². The van der Waals surface area contributed by atoms with Gasteiger partial charge in [0.15, 0.2) is 23.2 Å². The number of amides is 1. The third-order valence-electron chi connectivity index (χ3n) is 8.76. The molecule has 2 fully saturated rings. The van der Waals surface area contributed by atoms with Gasteiger partial charge in [0.05, 0.1) is 12.9 Å². The fourth-order valence-corrected chi connectivity index (χ4v) is 17.5. The van der Waals surface area contributed by atoms with Gasteiger partial charge in [0.1, 0.15) is 12.2 Å². The summed E-state index contributed by atoms with van der Waals surface area (Å²) < 4.78 is 46.8. The molecule has 4 atom stereocenters. The van der Waals surface area contributed by atoms with Crippen LogP contribution in [0.1, 0.15) is 75.5 Å². The number of nitrogens with one attached hydrogen (secondary N) is 2. The Kier molecular flexibility index (Phi) is 9.61. The van der Waals surface area contributed by atoms with Crippen molar-refractivity contribution in [1.82, 2.24) is 19.5 Å². The van der Waals surface area contributed by atoms with Crippen molar-refractivity contribution in [1.29, 1.82) is 0 Å². The van der Waals surface area contributed by atoms with Gasteiger partial charge >= 0.3 is 17.1 Å². The highest BCUT2D eigenvalue weighted by Crippen LogP contribution is 2.52. The molecule has 2 N–H and O–H groups in total. The van der Waals surface area contributed by atoms with Crippen molar-refractivity contribution >= 4 is 46.0 Å². The summed E-state index contributed by atoms with van der Waals surface area (Å²) in [6, 6.07) is 0. The molecule has 43 heavy (non-hydrogen) atoms. The molecule has 4 rings (SSSR count). The second kappa shape index (κ2) is 12.3. The topological polar surface area (TPSA) is 122 Å². The maximum Gasteiger partial charge on any atom is 0.335 e. The van der Waals surface area contributed by atoms with Crippen LogP contribution in [0, 0.1) is 5.92 Å². The fraction of sp³-hybridized carbons (Fsp3) is 0.724. The molecule has 1 unspecified atom stereocenters. The number of rotatable bonds is 9. The fourth-order valence-electron chi connectivity index (χ4n) is 6.25. The summed E-state index contributed by atoms with van der Waals surface area (Å²) in [6.07, 6.45) is -0.272. The summed E-state index contributed by atoms with van der Waals surface area (Å²) in [5.41, 5.74) is -1.18. The molecule has 0 bridgehead atoms. The molecule has 0 aliphatic carbocycles. The first-order chi connectivity index (χ1) is 20.1. The molecule has 1 amide bonds. The minimum atomic E-state index is -3.13. The number of hydrogen-bond donors (Lipinski definition) is 2. The normalized spacial score (nSPS) is 27.1. The molecule has 0 aromatic carbocycles. The molecule has 11 nitrogen and oxygen atoms in total. The molecule has 4 heterocycles. The molecular weight excluding hydrogens is 588 g/mol. The van der Waals surface area contributed by atoms with Crippen LogP contribution < -0.4 is 10.6 Å². The molecule has 240 valence electrons. The number of ether oxygens (including phenoxy) is 1. The number of hydrogen-bond acceptors (Lipinski definition) is 9. The van der Waals surface area contributed by atoms with Crippen molar-refractivity contribution < 1.29 is 26.9 Å². The summed E-state index contributed by atoms with van der Waals surface area (Å²) in [6.45, 7) is 24.5. The molecule has 0 radical (unpaired) electrons. The Labute approximate surface area is 256 Å². The lowest BCUT2D eigenvalue weighted by Crippen LogP contribution is -2.66. The van der Waals surface area contributed by atoms with Crippen LogP contribution in [0.5, 0.6) is 0 Å². The lowest BCUT2D eigenvalue weighted by Gasteiger charge is -2.51. The van der Waals surface area contributed by atoms with Crippen molar-refractivity contribution in [3.8, 4) is 0 Å². The van der Waals surface area contributed by atoms with Crippen LogP contribution in [0.3, 0.4) is 0 Å². The summed E-state index contributed by atoms with van der Waals surface area (Å²) in [5.74, 6) is -0.0634. The van der Waals surface area contributed by atoms with E-state index in [4.69, 9.17) is 17.7 Å². The monoisotopic (exact) mass is 636 g/mol. The van der Waals surface area contributed by atoms with E-state index in [1.54, 1.807) is 20.9 Å². The molecule has 2 aliphatic rings. The zero-order chi connectivity index (χ0) is 32.1. The van der Waals surface area contributed by atoms with E-state index in [1.807, 2.05) is 0 Å². The SMILES string of the molecule is C=C[C@@]1(F)C2O[Si](C(C)C)(C(C)C)O[Si](C(C)C)(C(C)C)OC[C@H]2O[C@H]1n1cnc2c(NC)nc(NC(=O)C(C)C)nc21. The number of anilines is 2. The number of carbonyl (C=O) groups is 1. The van der Waals surface area contributed by atoms with Crippen LogP contribution in [0.4, 0.5) is 16.2 Å². The summed E-state index contributed by atoms with van der Waals surface area (Å²) >= 11 is 0. The van der Waals surface area contributed by atoms with Crippen LogP contribution in [-0.4, -0.2) is 74.1 Å². The highest BCUT2D eigenvalue weighted by atomic mass is 28.5. The Morgan fingerprint density at radius 3 is 2.19 bits per heavy atom. The van der Waals surface area contributed by atoms with E-state index in [1.165, 1.54) is 17.0 Å². The maximum atomic E-state index is 17.6. The number of carbonyl (C=O) groups excluding carboxylic acids is 1. The van der Waals surface area contributed by atoms with Crippen LogP contribution in [-0.2, 0) is 22.5 Å². The predicted octanol–water partition coefficient (Wildman–Crippen LogP) is 6.21. The van der Waals surface area contributed by atoms with Gasteiger partial charge in [0.2, 0.25) is 17.5 Å². The lowest BCUT2D eigenvalue weighted by atomic mass is 9.96. The van der Waals surface area contributed by atoms with E-state index in [2.05, 4.69) is 87.6 Å². The number of nitrogens with zero attached hydrogens (tertiary/aromatic N) is 4. The van der Waals surface area contributed by atoms with Crippen molar-refractivity contribution in [3.63, 3.8) is 0 Å². The third-order valence-corrected chi connectivity index (χ3v) is 19.0. The van der Waals surface area contributed by atoms with Crippen molar-refractivity contribution in [3.05, 3.63) is 19.0 Å². The smallest absolute Gasteiger partial charge is 0.335 e. The van der Waals surface area contributed by atoms with E-state index >= 15 is 4.39 Å². The third kappa shape index (κ3) is 5.59. The van der Waals surface area contributed by atoms with Gasteiger partial charge in [0.25, 0.3) is 0 Å². The Balaban J connectivity index is 1.86. The second-order valence-corrected chi connectivity index (χ2v) is 22.0. The van der Waals surface area contributed by atoms with E-state index in [-0.39, 0.29) is 46.5 Å². The highest BCUT2D eigenvalue weighted by Gasteiger charge is 2.66. The summed E-state index contributed by atoms with van der Waals surface area (Å²) in [5, 5.41) is 5.73. The molecule has 2 aromatic rings. The quantitative estimate of drug-likeness (QED) is 0.244. The highest BCUT2D eigenvalue weighted by molar-refractivity contribution is 6.84. The first kappa shape index (κ1) is 33.7. The van der Waals surface area contributed by atoms with E-state index in [0.717, 1.165) is 0 Å². The van der Waals surface area contributed by atoms with Crippen molar-refractivity contribution in [2.24, 2.45) is 5.92 Å². The Bertz CT molecular complexity index is 1320. The predicted molar refractivity (Wildman–Crippen MR) is 170 cm³/mol. The lowest BCUT2D eigenvalue weighted by molar-refractivity contribution is -0.118. The standard InChI is InChI=1S/C29H49FN6O5Si2/c1-13-29(30)23-21(14-38-42(17(4)5,18(6)7)41-43(40-23,19(8)9)20(10)11)39-27(29)36-15-32-22-24(31-12)33-28(34-25(22)36)35-26(37)16(2)3/h13,15-21,23,27H,1,14H2,2-12H3,(H2,31,33,34,35,37)/t21-,23?,27-,29-/m1/s1. The van der Waals surface area contributed by atoms with E-state index in [0.29, 0.717) is 17.0 Å². The average Bonchev–Trinajstić information content (AvgIpc) is 3.45. The summed E-state index contributed by atoms with van der Waals surface area (Å²) in [4.78, 5) is 25.9. The summed E-state index contributed by atoms with van der Waals surface area (Å²) in [7, 11) is -4.29. The molecule has 2 saturated heterocycles. The average molecular weight is 637 g/mol. The van der Waals surface area contributed by atoms with Crippen LogP contribution >= 0.6 is 0 Å². The Morgan fingerprint density at radius 1 is 1.07 bits per heavy atom. The Morgan fingerprint density at radius 2 is 1.67 bits per heavy atom. The molecule has 0 spiro atoms. The second-order valence-electron chi connectivity index (χ2n) is 13.2. The molecule has 2 aliphatic heterocycles. The van der Waals surface area contributed by atoms with Gasteiger partial charge in [-0.25, -0.2) is 9.37 Å². The van der Waals surface area contributed by atoms with Gasteiger partial charge in [-0.05, 0) is 28.2 Å². The molecule has 14 heteroatoms. The zero-order valence-electron chi connectivity index (χ0n) is 27.4. The van der Waals surface area contributed by atoms with Gasteiger partial charge in [-0.2, -0.15) is 9.97 Å². The molecule has 2 aromatic heterocycles. The molecular formula is C29H49FN6O5Si2. The van der Waals surface area contributed by atoms with Gasteiger partial charge in [-0.15, -0.1) is 0 Å². The number of aromatic nitrogens is 4.